The molecule has 44 valence electrons. The summed E-state index contributed by atoms with van der Waals surface area (Å²) in [7, 11) is 0. The van der Waals surface area contributed by atoms with Crippen molar-refractivity contribution in [3.63, 3.8) is 0 Å². The van der Waals surface area contributed by atoms with Gasteiger partial charge in [0.25, 0.3) is 0 Å². The minimum atomic E-state index is 0. The van der Waals surface area contributed by atoms with E-state index in [-0.39, 0.29) is 40.0 Å². The molecule has 0 aromatic rings. The monoisotopic (exact) mass is 186 g/mol. The summed E-state index contributed by atoms with van der Waals surface area (Å²) in [5.74, 6) is 0. The molecule has 0 amide bonds. The van der Waals surface area contributed by atoms with Gasteiger partial charge >= 0.3 is 23.1 Å². The van der Waals surface area contributed by atoms with E-state index in [0.29, 0.717) is 0 Å². The van der Waals surface area contributed by atoms with Gasteiger partial charge in [0.15, 0.2) is 0 Å². The summed E-state index contributed by atoms with van der Waals surface area (Å²) in [6, 6.07) is 0. The molecule has 0 fully saturated rings. The maximum absolute atomic E-state index is 3.59. The molecule has 0 aliphatic carbocycles. The number of allylic oxidation sites excluding steroid dienone is 2. The Labute approximate surface area is 78.7 Å². The second-order valence-corrected chi connectivity index (χ2v) is 1.40. The Hall–Kier alpha value is 0.856. The van der Waals surface area contributed by atoms with Crippen molar-refractivity contribution in [1.82, 2.24) is 0 Å². The van der Waals surface area contributed by atoms with E-state index < -0.39 is 0 Å². The Morgan fingerprint density at radius 1 is 1.62 bits per heavy atom. The van der Waals surface area contributed by atoms with Gasteiger partial charge in [-0.3, -0.25) is 0 Å². The minimum absolute atomic E-state index is 0. The largest absolute Gasteiger partial charge is 2.00 e. The van der Waals surface area contributed by atoms with E-state index in [2.05, 4.69) is 20.8 Å². The van der Waals surface area contributed by atoms with Crippen LogP contribution >= 0.6 is 0 Å². The Balaban J connectivity index is -0.000000125. The average molecular weight is 187 g/mol. The third kappa shape index (κ3) is 9.97. The van der Waals surface area contributed by atoms with Gasteiger partial charge in [-0.1, -0.05) is 6.92 Å². The van der Waals surface area contributed by atoms with Crippen LogP contribution in [0.3, 0.4) is 0 Å². The topological polar surface area (TPSA) is 0 Å². The fourth-order valence-corrected chi connectivity index (χ4v) is 0.144. The van der Waals surface area contributed by atoms with Gasteiger partial charge < -0.3 is 17.0 Å². The van der Waals surface area contributed by atoms with E-state index in [1.807, 2.05) is 6.08 Å². The van der Waals surface area contributed by atoms with Gasteiger partial charge in [-0.25, -0.2) is 18.6 Å². The van der Waals surface area contributed by atoms with Crippen LogP contribution in [-0.2, 0) is 0 Å². The Kier molecular flexibility index (Phi) is 21.5. The molecule has 0 unspecified atom stereocenters. The van der Waals surface area contributed by atoms with Gasteiger partial charge in [0.05, 0.1) is 0 Å². The maximum atomic E-state index is 3.59. The Morgan fingerprint density at radius 3 is 2.00 bits per heavy atom. The van der Waals surface area contributed by atoms with Crippen molar-refractivity contribution in [3.8, 4) is 0 Å². The summed E-state index contributed by atoms with van der Waals surface area (Å²) >= 11 is 0. The van der Waals surface area contributed by atoms with Gasteiger partial charge in [-0.15, -0.1) is 13.3 Å². The number of hydrogen-bond acceptors (Lipinski definition) is 0. The first-order chi connectivity index (χ1) is 2.81. The smallest absolute Gasteiger partial charge is 1.00 e. The fourth-order valence-electron chi connectivity index (χ4n) is 0.144. The predicted octanol–water partition coefficient (Wildman–Crippen LogP) is -1.20. The van der Waals surface area contributed by atoms with Crippen LogP contribution in [0.2, 0.25) is 0 Å². The molecule has 0 aliphatic rings. The van der Waals surface area contributed by atoms with Crippen LogP contribution < -0.4 is 17.0 Å². The van der Waals surface area contributed by atoms with E-state index in [0.717, 1.165) is 6.42 Å². The molecule has 8 heavy (non-hydrogen) atoms. The van der Waals surface area contributed by atoms with E-state index in [1.165, 1.54) is 5.57 Å². The fraction of sp³-hybridized carbons (Fsp3) is 0.500. The summed E-state index contributed by atoms with van der Waals surface area (Å²) in [6.45, 7) is 7.79. The molecular formula is C6H11BrMg. The molecule has 0 saturated heterocycles. The second-order valence-electron chi connectivity index (χ2n) is 1.40. The zero-order chi connectivity index (χ0) is 4.99. The van der Waals surface area contributed by atoms with Crippen molar-refractivity contribution in [2.24, 2.45) is 0 Å². The van der Waals surface area contributed by atoms with Crippen molar-refractivity contribution < 1.29 is 17.0 Å². The van der Waals surface area contributed by atoms with Crippen molar-refractivity contribution in [3.05, 3.63) is 18.6 Å². The van der Waals surface area contributed by atoms with Gasteiger partial charge in [0.2, 0.25) is 0 Å². The van der Waals surface area contributed by atoms with Gasteiger partial charge in [0.1, 0.15) is 0 Å². The number of halogens is 1. The molecule has 0 aromatic carbocycles. The maximum Gasteiger partial charge on any atom is 2.00 e. The molecule has 0 N–H and O–H groups in total. The molecule has 0 bridgehead atoms. The third-order valence-corrected chi connectivity index (χ3v) is 0.906. The average Bonchev–Trinajstić information content (AvgIpc) is 1.65. The van der Waals surface area contributed by atoms with Crippen LogP contribution in [0.5, 0.6) is 0 Å². The molecule has 0 heterocycles. The molecule has 0 nitrogen and oxygen atoms in total. The summed E-state index contributed by atoms with van der Waals surface area (Å²) in [4.78, 5) is 0. The van der Waals surface area contributed by atoms with Crippen molar-refractivity contribution in [1.29, 1.82) is 0 Å². The summed E-state index contributed by atoms with van der Waals surface area (Å²) in [6.07, 6.45) is 3.02. The molecular weight excluding hydrogens is 176 g/mol. The number of hydrogen-bond donors (Lipinski definition) is 0. The molecule has 0 aromatic heterocycles. The molecule has 0 radical (unpaired) electrons. The van der Waals surface area contributed by atoms with Crippen LogP contribution in [0.4, 0.5) is 0 Å². The van der Waals surface area contributed by atoms with Gasteiger partial charge in [-0.05, 0) is 0 Å². The first-order valence-corrected chi connectivity index (χ1v) is 2.26. The molecule has 0 rings (SSSR count). The van der Waals surface area contributed by atoms with E-state index in [1.54, 1.807) is 0 Å². The van der Waals surface area contributed by atoms with E-state index >= 15 is 0 Å². The van der Waals surface area contributed by atoms with E-state index in [4.69, 9.17) is 0 Å². The quantitative estimate of drug-likeness (QED) is 0.357. The second kappa shape index (κ2) is 10.8. The molecule has 2 heteroatoms. The van der Waals surface area contributed by atoms with Crippen LogP contribution in [-0.4, -0.2) is 23.1 Å². The summed E-state index contributed by atoms with van der Waals surface area (Å²) in [5.41, 5.74) is 1.36. The summed E-state index contributed by atoms with van der Waals surface area (Å²) in [5, 5.41) is 0. The summed E-state index contributed by atoms with van der Waals surface area (Å²) < 4.78 is 0. The van der Waals surface area contributed by atoms with E-state index in [9.17, 15) is 0 Å². The Morgan fingerprint density at radius 2 is 2.00 bits per heavy atom. The SMILES string of the molecule is [Br-].[CH2-]/C=C(\C)CC.[Mg+2]. The predicted molar refractivity (Wildman–Crippen MR) is 35.2 cm³/mol. The minimum Gasteiger partial charge on any atom is -1.00 e. The number of rotatable bonds is 1. The third-order valence-electron chi connectivity index (χ3n) is 0.906. The van der Waals surface area contributed by atoms with Crippen molar-refractivity contribution in [2.75, 3.05) is 0 Å². The van der Waals surface area contributed by atoms with Crippen LogP contribution in [0.15, 0.2) is 11.6 Å². The normalized spacial score (nSPS) is 9.00. The zero-order valence-corrected chi connectivity index (χ0v) is 8.58. The molecule has 0 saturated carbocycles. The first kappa shape index (κ1) is 15.9. The van der Waals surface area contributed by atoms with Crippen molar-refractivity contribution >= 4 is 23.1 Å². The Bertz CT molecular complexity index is 59.5. The van der Waals surface area contributed by atoms with Gasteiger partial charge in [-0.2, -0.15) is 0 Å². The zero-order valence-electron chi connectivity index (χ0n) is 5.58. The van der Waals surface area contributed by atoms with Crippen LogP contribution in [0.25, 0.3) is 0 Å². The van der Waals surface area contributed by atoms with Gasteiger partial charge in [0, 0.05) is 0 Å². The molecule has 0 spiro atoms. The van der Waals surface area contributed by atoms with Crippen LogP contribution in [0.1, 0.15) is 20.3 Å². The van der Waals surface area contributed by atoms with Crippen LogP contribution in [0, 0.1) is 6.92 Å². The molecule has 0 atom stereocenters. The first-order valence-electron chi connectivity index (χ1n) is 2.26. The van der Waals surface area contributed by atoms with Crippen molar-refractivity contribution in [2.45, 2.75) is 20.3 Å². The molecule has 0 aliphatic heterocycles. The standard InChI is InChI=1S/C6H11.BrH.Mg/c1-4-6(3)5-2;;/h4H,1,5H2,2-3H3;1H;/q-1;;+2/p-1/b6-4+;;.